The smallest absolute Gasteiger partial charge is 0.250 e. The predicted octanol–water partition coefficient (Wildman–Crippen LogP) is 2.49. The normalized spacial score (nSPS) is 16.9. The number of fused-ring (bicyclic) bond motifs is 1. The number of carbonyl (C=O) groups excluding carboxylic acids is 1. The van der Waals surface area contributed by atoms with Gasteiger partial charge in [-0.25, -0.2) is 12.7 Å². The van der Waals surface area contributed by atoms with E-state index in [4.69, 9.17) is 5.73 Å². The molecule has 2 aromatic rings. The van der Waals surface area contributed by atoms with Gasteiger partial charge in [0.1, 0.15) is 0 Å². The first-order chi connectivity index (χ1) is 13.2. The van der Waals surface area contributed by atoms with Crippen LogP contribution in [0.25, 0.3) is 10.9 Å². The van der Waals surface area contributed by atoms with Crippen LogP contribution in [0.15, 0.2) is 22.8 Å². The fraction of sp³-hybridized carbons (Fsp3) is 0.526. The summed E-state index contributed by atoms with van der Waals surface area (Å²) in [6.45, 7) is 1.82. The lowest BCUT2D eigenvalue weighted by Gasteiger charge is -2.31. The summed E-state index contributed by atoms with van der Waals surface area (Å²) in [6, 6.07) is 3.70. The van der Waals surface area contributed by atoms with E-state index in [0.717, 1.165) is 40.3 Å². The van der Waals surface area contributed by atoms with Crippen molar-refractivity contribution in [3.05, 3.63) is 33.9 Å². The quantitative estimate of drug-likeness (QED) is 0.648. The van der Waals surface area contributed by atoms with Crippen LogP contribution < -0.4 is 5.73 Å². The minimum absolute atomic E-state index is 0.192. The van der Waals surface area contributed by atoms with E-state index in [0.29, 0.717) is 25.1 Å². The van der Waals surface area contributed by atoms with Crippen LogP contribution in [0.5, 0.6) is 0 Å². The molecule has 0 radical (unpaired) electrons. The minimum atomic E-state index is -3.21. The van der Waals surface area contributed by atoms with Crippen LogP contribution in [-0.2, 0) is 10.0 Å². The number of hydrogen-bond donors (Lipinski definition) is 2. The molecular weight excluding hydrogens is 444 g/mol. The summed E-state index contributed by atoms with van der Waals surface area (Å²) >= 11 is 3.45. The molecule has 0 atom stereocenters. The van der Waals surface area contributed by atoms with Crippen molar-refractivity contribution in [1.82, 2.24) is 14.2 Å². The van der Waals surface area contributed by atoms with Gasteiger partial charge in [0.05, 0.1) is 16.8 Å². The number of rotatable bonds is 7. The molecule has 0 aliphatic carbocycles. The predicted molar refractivity (Wildman–Crippen MR) is 115 cm³/mol. The Morgan fingerprint density at radius 3 is 2.61 bits per heavy atom. The molecule has 0 unspecified atom stereocenters. The van der Waals surface area contributed by atoms with E-state index in [-0.39, 0.29) is 11.7 Å². The number of aromatic amines is 1. The topological polar surface area (TPSA) is 99.5 Å². The lowest BCUT2D eigenvalue weighted by molar-refractivity contribution is 0.100. The van der Waals surface area contributed by atoms with E-state index in [1.165, 1.54) is 0 Å². The number of halogens is 1. The Balaban J connectivity index is 1.73. The highest BCUT2D eigenvalue weighted by atomic mass is 79.9. The molecule has 154 valence electrons. The van der Waals surface area contributed by atoms with Crippen LogP contribution in [0.3, 0.4) is 0 Å². The van der Waals surface area contributed by atoms with Gasteiger partial charge in [0.25, 0.3) is 5.91 Å². The summed E-state index contributed by atoms with van der Waals surface area (Å²) in [4.78, 5) is 16.9. The van der Waals surface area contributed by atoms with E-state index in [2.05, 4.69) is 20.9 Å². The fourth-order valence-electron chi connectivity index (χ4n) is 3.89. The standard InChI is InChI=1S/C19H27BrN4O3S/c1-23(2)6-3-9-28(26,27)24-7-4-13(5-8-24)17-12-22-18-15(17)10-14(20)11-16(18)19(21)25/h10-13,22H,3-9H2,1-2H3,(H2,21,25). The molecule has 1 aromatic carbocycles. The molecule has 3 rings (SSSR count). The lowest BCUT2D eigenvalue weighted by atomic mass is 9.89. The maximum Gasteiger partial charge on any atom is 0.250 e. The van der Waals surface area contributed by atoms with Crippen molar-refractivity contribution in [2.75, 3.05) is 39.5 Å². The molecule has 3 N–H and O–H groups in total. The number of nitrogens with one attached hydrogen (secondary N) is 1. The van der Waals surface area contributed by atoms with Gasteiger partial charge in [0.15, 0.2) is 0 Å². The monoisotopic (exact) mass is 470 g/mol. The summed E-state index contributed by atoms with van der Waals surface area (Å²) in [5.74, 6) is -0.0342. The second-order valence-electron chi connectivity index (χ2n) is 7.63. The van der Waals surface area contributed by atoms with Crippen LogP contribution in [0.2, 0.25) is 0 Å². The summed E-state index contributed by atoms with van der Waals surface area (Å²) in [7, 11) is 0.683. The van der Waals surface area contributed by atoms with Crippen molar-refractivity contribution in [3.8, 4) is 0 Å². The Hall–Kier alpha value is -1.42. The summed E-state index contributed by atoms with van der Waals surface area (Å²) < 4.78 is 27.6. The Morgan fingerprint density at radius 2 is 2.00 bits per heavy atom. The molecule has 1 aliphatic rings. The maximum atomic E-state index is 12.6. The average Bonchev–Trinajstić information content (AvgIpc) is 3.04. The molecular formula is C19H27BrN4O3S. The Morgan fingerprint density at radius 1 is 1.32 bits per heavy atom. The highest BCUT2D eigenvalue weighted by Gasteiger charge is 2.29. The molecule has 1 aromatic heterocycles. The number of piperidine rings is 1. The van der Waals surface area contributed by atoms with Crippen molar-refractivity contribution in [3.63, 3.8) is 0 Å². The number of H-pyrrole nitrogens is 1. The van der Waals surface area contributed by atoms with Crippen molar-refractivity contribution < 1.29 is 13.2 Å². The molecule has 9 heteroatoms. The second kappa shape index (κ2) is 8.52. The van der Waals surface area contributed by atoms with Crippen molar-refractivity contribution in [2.24, 2.45) is 5.73 Å². The number of sulfonamides is 1. The van der Waals surface area contributed by atoms with Gasteiger partial charge in [-0.3, -0.25) is 4.79 Å². The Bertz CT molecular complexity index is 963. The number of hydrogen-bond acceptors (Lipinski definition) is 4. The van der Waals surface area contributed by atoms with E-state index >= 15 is 0 Å². The summed E-state index contributed by atoms with van der Waals surface area (Å²) in [5, 5.41) is 0.968. The highest BCUT2D eigenvalue weighted by molar-refractivity contribution is 9.10. The van der Waals surface area contributed by atoms with Gasteiger partial charge in [-0.1, -0.05) is 15.9 Å². The fourth-order valence-corrected chi connectivity index (χ4v) is 5.86. The molecule has 7 nitrogen and oxygen atoms in total. The van der Waals surface area contributed by atoms with Crippen molar-refractivity contribution >= 4 is 42.8 Å². The number of nitrogens with zero attached hydrogens (tertiary/aromatic N) is 2. The number of primary amides is 1. The number of aromatic nitrogens is 1. The Kier molecular flexibility index (Phi) is 6.48. The third-order valence-electron chi connectivity index (χ3n) is 5.35. The molecule has 0 saturated carbocycles. The first-order valence-electron chi connectivity index (χ1n) is 9.42. The third-order valence-corrected chi connectivity index (χ3v) is 7.76. The van der Waals surface area contributed by atoms with Crippen LogP contribution in [0.4, 0.5) is 0 Å². The first-order valence-corrected chi connectivity index (χ1v) is 11.8. The molecule has 1 amide bonds. The van der Waals surface area contributed by atoms with Crippen LogP contribution in [0, 0.1) is 0 Å². The Labute approximate surface area is 174 Å². The minimum Gasteiger partial charge on any atom is -0.366 e. The number of nitrogens with two attached hydrogens (primary N) is 1. The SMILES string of the molecule is CN(C)CCCS(=O)(=O)N1CCC(c2c[nH]c3c(C(N)=O)cc(Br)cc23)CC1. The zero-order valence-corrected chi connectivity index (χ0v) is 18.6. The van der Waals surface area contributed by atoms with Crippen LogP contribution >= 0.6 is 15.9 Å². The largest absolute Gasteiger partial charge is 0.366 e. The molecule has 0 bridgehead atoms. The molecule has 1 aliphatic heterocycles. The van der Waals surface area contributed by atoms with E-state index in [1.54, 1.807) is 10.4 Å². The first kappa shape index (κ1) is 21.3. The zero-order chi connectivity index (χ0) is 20.5. The molecule has 1 saturated heterocycles. The van der Waals surface area contributed by atoms with Gasteiger partial charge >= 0.3 is 0 Å². The van der Waals surface area contributed by atoms with Gasteiger partial charge in [0.2, 0.25) is 10.0 Å². The zero-order valence-electron chi connectivity index (χ0n) is 16.2. The van der Waals surface area contributed by atoms with E-state index < -0.39 is 15.9 Å². The number of carbonyl (C=O) groups is 1. The maximum absolute atomic E-state index is 12.6. The molecule has 0 spiro atoms. The molecule has 1 fully saturated rings. The summed E-state index contributed by atoms with van der Waals surface area (Å²) in [5.41, 5.74) is 7.81. The van der Waals surface area contributed by atoms with Gasteiger partial charge in [0, 0.05) is 29.1 Å². The van der Waals surface area contributed by atoms with Crippen LogP contribution in [-0.4, -0.2) is 68.0 Å². The van der Waals surface area contributed by atoms with Crippen molar-refractivity contribution in [1.29, 1.82) is 0 Å². The third kappa shape index (κ3) is 4.59. The van der Waals surface area contributed by atoms with Gasteiger partial charge in [-0.2, -0.15) is 0 Å². The van der Waals surface area contributed by atoms with E-state index in [9.17, 15) is 13.2 Å². The van der Waals surface area contributed by atoms with Crippen molar-refractivity contribution in [2.45, 2.75) is 25.2 Å². The van der Waals surface area contributed by atoms with Crippen LogP contribution in [0.1, 0.15) is 41.1 Å². The average molecular weight is 471 g/mol. The van der Waals surface area contributed by atoms with Gasteiger partial charge < -0.3 is 15.6 Å². The van der Waals surface area contributed by atoms with E-state index in [1.807, 2.05) is 31.3 Å². The molecule has 2 heterocycles. The second-order valence-corrected chi connectivity index (χ2v) is 10.6. The van der Waals surface area contributed by atoms with Gasteiger partial charge in [-0.15, -0.1) is 0 Å². The number of benzene rings is 1. The number of amides is 1. The molecule has 28 heavy (non-hydrogen) atoms. The van der Waals surface area contributed by atoms with Gasteiger partial charge in [-0.05, 0) is 63.5 Å². The summed E-state index contributed by atoms with van der Waals surface area (Å²) in [6.07, 6.45) is 4.09. The lowest BCUT2D eigenvalue weighted by Crippen LogP contribution is -2.39. The highest BCUT2D eigenvalue weighted by Crippen LogP contribution is 2.36.